The smallest absolute Gasteiger partial charge is 0.349 e. The lowest BCUT2D eigenvalue weighted by Gasteiger charge is -2.58. The van der Waals surface area contributed by atoms with Gasteiger partial charge in [-0.3, -0.25) is 0 Å². The number of carbonyl (C=O) groups is 1. The summed E-state index contributed by atoms with van der Waals surface area (Å²) in [6.07, 6.45) is 8.96. The average molecular weight is 830 g/mol. The Balaban J connectivity index is 0.715. The summed E-state index contributed by atoms with van der Waals surface area (Å²) in [6, 6.07) is 23.3. The number of thiophene rings is 2. The topological polar surface area (TPSA) is 133 Å². The zero-order valence-corrected chi connectivity index (χ0v) is 34.9. The van der Waals surface area contributed by atoms with Crippen molar-refractivity contribution in [1.82, 2.24) is 25.2 Å². The molecule has 10 rings (SSSR count). The molecule has 306 valence electrons. The Bertz CT molecular complexity index is 2470. The number of aromatic nitrogens is 3. The number of nitrogens with zero attached hydrogens (tertiary/aromatic N) is 4. The van der Waals surface area contributed by atoms with Gasteiger partial charge >= 0.3 is 5.97 Å². The van der Waals surface area contributed by atoms with Crippen LogP contribution in [0.15, 0.2) is 78.2 Å². The maximum absolute atomic E-state index is 13.8. The summed E-state index contributed by atoms with van der Waals surface area (Å²) in [6.45, 7) is 4.89. The number of rotatable bonds is 14. The molecule has 4 N–H and O–H groups in total. The Morgan fingerprint density at radius 3 is 2.53 bits per heavy atom. The number of aromatic hydroxyl groups is 1. The SMILES string of the molecule is O=C(OC1CC2(C1)CN(CCCn1nnc3cc(CNC[C@H](O)c4ccc(O)c5c4CCCC5)c4c(c31)CCC4)C2)[C@@](O)(c1cccs1)c1ccc(-c2ccccc2)s1. The fraction of sp³-hybridized carbons (Fsp3) is 0.426. The number of hydrogen-bond donors (Lipinski definition) is 4. The number of hydrogen-bond acceptors (Lipinski definition) is 11. The second kappa shape index (κ2) is 15.9. The molecule has 3 aliphatic carbocycles. The minimum atomic E-state index is -1.83. The Morgan fingerprint density at radius 2 is 1.71 bits per heavy atom. The van der Waals surface area contributed by atoms with E-state index < -0.39 is 17.7 Å². The summed E-state index contributed by atoms with van der Waals surface area (Å²) in [7, 11) is 0. The second-order valence-electron chi connectivity index (χ2n) is 17.2. The molecule has 4 heterocycles. The number of phenolic OH excluding ortho intramolecular Hbond substituents is 1. The maximum Gasteiger partial charge on any atom is 0.349 e. The average Bonchev–Trinajstić information content (AvgIpc) is 4.07. The fourth-order valence-electron chi connectivity index (χ4n) is 10.4. The Hall–Kier alpha value is -4.43. The van der Waals surface area contributed by atoms with Crippen molar-refractivity contribution in [2.75, 3.05) is 26.2 Å². The maximum atomic E-state index is 13.8. The van der Waals surface area contributed by atoms with Crippen LogP contribution in [0.5, 0.6) is 5.75 Å². The normalized spacial score (nSPS) is 18.9. The van der Waals surface area contributed by atoms with Crippen LogP contribution in [0.3, 0.4) is 0 Å². The number of aryl methyl sites for hydroxylation is 2. The molecule has 3 aromatic heterocycles. The summed E-state index contributed by atoms with van der Waals surface area (Å²) in [5.74, 6) is -0.234. The van der Waals surface area contributed by atoms with Crippen molar-refractivity contribution in [1.29, 1.82) is 0 Å². The third kappa shape index (κ3) is 7.21. The van der Waals surface area contributed by atoms with E-state index in [0.29, 0.717) is 28.6 Å². The molecular weight excluding hydrogens is 779 g/mol. The molecule has 10 nitrogen and oxygen atoms in total. The fourth-order valence-corrected chi connectivity index (χ4v) is 12.4. The van der Waals surface area contributed by atoms with Crippen LogP contribution in [-0.4, -0.2) is 73.5 Å². The van der Waals surface area contributed by atoms with Gasteiger partial charge in [-0.2, -0.15) is 0 Å². The van der Waals surface area contributed by atoms with Crippen LogP contribution in [0.2, 0.25) is 0 Å². The molecule has 12 heteroatoms. The largest absolute Gasteiger partial charge is 0.508 e. The van der Waals surface area contributed by atoms with Crippen LogP contribution in [0, 0.1) is 5.41 Å². The van der Waals surface area contributed by atoms with E-state index in [1.807, 2.05) is 66.0 Å². The van der Waals surface area contributed by atoms with Crippen LogP contribution in [0.25, 0.3) is 21.5 Å². The molecule has 0 bridgehead atoms. The van der Waals surface area contributed by atoms with Crippen LogP contribution in [0.1, 0.15) is 87.8 Å². The first-order valence-corrected chi connectivity index (χ1v) is 22.9. The van der Waals surface area contributed by atoms with Gasteiger partial charge in [0.15, 0.2) is 0 Å². The zero-order chi connectivity index (χ0) is 40.1. The number of benzene rings is 3. The first-order chi connectivity index (χ1) is 28.8. The predicted molar refractivity (Wildman–Crippen MR) is 231 cm³/mol. The molecule has 6 aromatic rings. The lowest BCUT2D eigenvalue weighted by atomic mass is 9.61. The molecule has 0 radical (unpaired) electrons. The van der Waals surface area contributed by atoms with E-state index in [9.17, 15) is 20.1 Å². The van der Waals surface area contributed by atoms with Gasteiger partial charge in [-0.05, 0) is 145 Å². The lowest BCUT2D eigenvalue weighted by molar-refractivity contribution is -0.191. The minimum absolute atomic E-state index is 0.181. The van der Waals surface area contributed by atoms with Crippen LogP contribution in [-0.2, 0) is 53.9 Å². The Kier molecular flexibility index (Phi) is 10.4. The van der Waals surface area contributed by atoms with Gasteiger partial charge in [0.2, 0.25) is 5.60 Å². The van der Waals surface area contributed by atoms with Gasteiger partial charge in [0, 0.05) is 43.0 Å². The number of carbonyl (C=O) groups excluding carboxylic acids is 1. The van der Waals surface area contributed by atoms with E-state index in [0.717, 1.165) is 123 Å². The lowest BCUT2D eigenvalue weighted by Crippen LogP contribution is -2.64. The van der Waals surface area contributed by atoms with Crippen LogP contribution >= 0.6 is 22.7 Å². The number of esters is 1. The summed E-state index contributed by atoms with van der Waals surface area (Å²) in [5.41, 5.74) is 8.60. The van der Waals surface area contributed by atoms with Crippen molar-refractivity contribution in [2.24, 2.45) is 5.41 Å². The van der Waals surface area contributed by atoms with E-state index in [1.54, 1.807) is 6.07 Å². The Labute approximate surface area is 352 Å². The molecule has 3 aromatic carbocycles. The van der Waals surface area contributed by atoms with Crippen LogP contribution in [0.4, 0.5) is 0 Å². The van der Waals surface area contributed by atoms with Gasteiger partial charge in [-0.15, -0.1) is 27.8 Å². The highest BCUT2D eigenvalue weighted by Gasteiger charge is 2.55. The molecule has 0 unspecified atom stereocenters. The molecule has 59 heavy (non-hydrogen) atoms. The number of likely N-dealkylation sites (tertiary alicyclic amines) is 1. The summed E-state index contributed by atoms with van der Waals surface area (Å²) < 4.78 is 8.17. The summed E-state index contributed by atoms with van der Waals surface area (Å²) >= 11 is 2.80. The molecule has 1 saturated heterocycles. The molecule has 2 fully saturated rings. The van der Waals surface area contributed by atoms with E-state index in [1.165, 1.54) is 44.9 Å². The van der Waals surface area contributed by atoms with E-state index >= 15 is 0 Å². The van der Waals surface area contributed by atoms with Gasteiger partial charge in [-0.1, -0.05) is 47.7 Å². The number of ether oxygens (including phenoxy) is 1. The molecule has 4 aliphatic rings. The van der Waals surface area contributed by atoms with E-state index in [2.05, 4.69) is 31.3 Å². The number of fused-ring (bicyclic) bond motifs is 4. The van der Waals surface area contributed by atoms with Crippen molar-refractivity contribution >= 4 is 39.7 Å². The van der Waals surface area contributed by atoms with Gasteiger partial charge in [0.25, 0.3) is 0 Å². The first kappa shape index (κ1) is 38.8. The van der Waals surface area contributed by atoms with Crippen molar-refractivity contribution < 1.29 is 24.9 Å². The van der Waals surface area contributed by atoms with Crippen molar-refractivity contribution in [3.63, 3.8) is 0 Å². The summed E-state index contributed by atoms with van der Waals surface area (Å²) in [5, 5.41) is 48.2. The third-order valence-electron chi connectivity index (χ3n) is 13.3. The quantitative estimate of drug-likeness (QED) is 0.0827. The monoisotopic (exact) mass is 829 g/mol. The number of aliphatic hydroxyl groups excluding tert-OH is 1. The second-order valence-corrected chi connectivity index (χ2v) is 19.3. The third-order valence-corrected chi connectivity index (χ3v) is 15.5. The standard InChI is InChI=1S/C47H51N5O5S2/c53-39-17-16-36(34-11-4-5-12-35(34)39)40(54)27-48-26-31-23-38-44(37-14-6-13-33(31)37)52(50-49-38)21-8-20-51-28-46(29-51)24-32(25-46)57-45(55)47(56,42-15-7-22-58-42)43-19-18-41(59-43)30-9-2-1-3-10-30/h1-3,7,9-10,15-19,22-23,32,40,48,53-54,56H,4-6,8,11-14,20-21,24-29H2/t40-,47+/m0/s1. The van der Waals surface area contributed by atoms with Gasteiger partial charge in [0.05, 0.1) is 21.4 Å². The van der Waals surface area contributed by atoms with Crippen molar-refractivity contribution in [2.45, 2.75) is 95.1 Å². The molecule has 1 aliphatic heterocycles. The highest BCUT2D eigenvalue weighted by Crippen LogP contribution is 2.51. The molecule has 2 atom stereocenters. The highest BCUT2D eigenvalue weighted by atomic mass is 32.1. The van der Waals surface area contributed by atoms with E-state index in [-0.39, 0.29) is 11.5 Å². The Morgan fingerprint density at radius 1 is 0.915 bits per heavy atom. The van der Waals surface area contributed by atoms with Gasteiger partial charge in [0.1, 0.15) is 17.4 Å². The van der Waals surface area contributed by atoms with Crippen molar-refractivity contribution in [3.8, 4) is 16.2 Å². The molecule has 0 amide bonds. The zero-order valence-electron chi connectivity index (χ0n) is 33.2. The molecule has 1 saturated carbocycles. The minimum Gasteiger partial charge on any atom is -0.508 e. The summed E-state index contributed by atoms with van der Waals surface area (Å²) in [4.78, 5) is 18.4. The molecule has 1 spiro atoms. The number of phenols is 1. The van der Waals surface area contributed by atoms with Gasteiger partial charge in [-0.25, -0.2) is 9.48 Å². The first-order valence-electron chi connectivity index (χ1n) is 21.2. The van der Waals surface area contributed by atoms with Crippen LogP contribution < -0.4 is 5.32 Å². The highest BCUT2D eigenvalue weighted by molar-refractivity contribution is 7.16. The predicted octanol–water partition coefficient (Wildman–Crippen LogP) is 7.45. The number of nitrogens with one attached hydrogen (secondary N) is 1. The van der Waals surface area contributed by atoms with Gasteiger partial charge < -0.3 is 30.3 Å². The number of aliphatic hydroxyl groups is 2. The molecular formula is C47H51N5O5S2. The van der Waals surface area contributed by atoms with Crippen molar-refractivity contribution in [3.05, 3.63) is 121 Å². The van der Waals surface area contributed by atoms with E-state index in [4.69, 9.17) is 4.74 Å².